The molecular weight excluding hydrogens is 292 g/mol. The monoisotopic (exact) mass is 320 g/mol. The first-order valence-corrected chi connectivity index (χ1v) is 8.60. The van der Waals surface area contributed by atoms with E-state index in [0.29, 0.717) is 17.7 Å². The van der Waals surface area contributed by atoms with Gasteiger partial charge in [0.2, 0.25) is 0 Å². The first-order valence-electron chi connectivity index (χ1n) is 8.60. The summed E-state index contributed by atoms with van der Waals surface area (Å²) in [6, 6.07) is 6.54. The highest BCUT2D eigenvalue weighted by Crippen LogP contribution is 2.15. The van der Waals surface area contributed by atoms with Crippen molar-refractivity contribution in [1.29, 1.82) is 0 Å². The number of hydrogen-bond donors (Lipinski definition) is 0. The van der Waals surface area contributed by atoms with Gasteiger partial charge in [-0.05, 0) is 37.5 Å². The Morgan fingerprint density at radius 1 is 0.957 bits per heavy atom. The zero-order valence-corrected chi connectivity index (χ0v) is 14.5. The summed E-state index contributed by atoms with van der Waals surface area (Å²) in [6.45, 7) is 6.52. The third kappa shape index (κ3) is 6.85. The summed E-state index contributed by atoms with van der Waals surface area (Å²) in [5.74, 6) is -0.776. The van der Waals surface area contributed by atoms with Gasteiger partial charge in [-0.3, -0.25) is 0 Å². The average Bonchev–Trinajstić information content (AvgIpc) is 2.57. The number of benzene rings is 1. The lowest BCUT2D eigenvalue weighted by molar-refractivity contribution is 0.0255. The van der Waals surface area contributed by atoms with Gasteiger partial charge in [0.05, 0.1) is 17.7 Å². The molecule has 1 rings (SSSR count). The molecular formula is C19H28O4. The molecule has 0 bridgehead atoms. The second-order valence-electron chi connectivity index (χ2n) is 5.67. The van der Waals surface area contributed by atoms with Crippen LogP contribution in [-0.2, 0) is 9.47 Å². The maximum atomic E-state index is 12.3. The molecule has 0 amide bonds. The van der Waals surface area contributed by atoms with Gasteiger partial charge in [0.25, 0.3) is 0 Å². The molecule has 0 spiro atoms. The Bertz CT molecular complexity index is 496. The van der Waals surface area contributed by atoms with Crippen LogP contribution in [-0.4, -0.2) is 24.6 Å². The molecule has 4 heteroatoms. The molecule has 23 heavy (non-hydrogen) atoms. The van der Waals surface area contributed by atoms with Gasteiger partial charge in [-0.25, -0.2) is 9.59 Å². The molecule has 1 atom stereocenters. The highest BCUT2D eigenvalue weighted by atomic mass is 16.5. The molecule has 0 aliphatic rings. The smallest absolute Gasteiger partial charge is 0.338 e. The fraction of sp³-hybridized carbons (Fsp3) is 0.579. The number of hydrogen-bond acceptors (Lipinski definition) is 4. The molecule has 1 unspecified atom stereocenters. The zero-order chi connectivity index (χ0) is 17.1. The van der Waals surface area contributed by atoms with Crippen LogP contribution < -0.4 is 0 Å². The van der Waals surface area contributed by atoms with Gasteiger partial charge in [-0.1, -0.05) is 46.1 Å². The lowest BCUT2D eigenvalue weighted by Crippen LogP contribution is -2.18. The van der Waals surface area contributed by atoms with Gasteiger partial charge in [-0.15, -0.1) is 0 Å². The molecule has 0 saturated heterocycles. The number of ether oxygens (including phenoxy) is 2. The third-order valence-electron chi connectivity index (χ3n) is 3.54. The van der Waals surface area contributed by atoms with Crippen molar-refractivity contribution in [2.45, 2.75) is 65.4 Å². The van der Waals surface area contributed by atoms with Crippen LogP contribution in [0.3, 0.4) is 0 Å². The number of esters is 2. The standard InChI is InChI=1S/C19H28O4/c1-4-7-12-17(9-5-2)23-19(21)16-11-8-10-15(14-16)18(20)22-13-6-3/h8,10-11,14,17H,4-7,9,12-13H2,1-3H3. The van der Waals surface area contributed by atoms with Crippen LogP contribution in [0.2, 0.25) is 0 Å². The van der Waals surface area contributed by atoms with Gasteiger partial charge in [-0.2, -0.15) is 0 Å². The molecule has 4 nitrogen and oxygen atoms in total. The predicted molar refractivity (Wildman–Crippen MR) is 90.7 cm³/mol. The number of rotatable bonds is 10. The zero-order valence-electron chi connectivity index (χ0n) is 14.5. The maximum absolute atomic E-state index is 12.3. The molecule has 1 aromatic carbocycles. The summed E-state index contributed by atoms with van der Waals surface area (Å²) in [5.41, 5.74) is 0.780. The van der Waals surface area contributed by atoms with Crippen LogP contribution >= 0.6 is 0 Å². The van der Waals surface area contributed by atoms with E-state index in [0.717, 1.165) is 38.5 Å². The Labute approximate surface area is 139 Å². The summed E-state index contributed by atoms with van der Waals surface area (Å²) >= 11 is 0. The van der Waals surface area contributed by atoms with E-state index >= 15 is 0 Å². The molecule has 0 saturated carbocycles. The average molecular weight is 320 g/mol. The molecule has 1 aromatic rings. The van der Waals surface area contributed by atoms with E-state index in [9.17, 15) is 9.59 Å². The van der Waals surface area contributed by atoms with Crippen molar-refractivity contribution in [3.05, 3.63) is 35.4 Å². The quantitative estimate of drug-likeness (QED) is 0.583. The Morgan fingerprint density at radius 2 is 1.65 bits per heavy atom. The maximum Gasteiger partial charge on any atom is 0.338 e. The van der Waals surface area contributed by atoms with Crippen LogP contribution in [0.25, 0.3) is 0 Å². The van der Waals surface area contributed by atoms with E-state index in [1.54, 1.807) is 24.3 Å². The van der Waals surface area contributed by atoms with Crippen molar-refractivity contribution in [2.24, 2.45) is 0 Å². The minimum Gasteiger partial charge on any atom is -0.462 e. The summed E-state index contributed by atoms with van der Waals surface area (Å²) in [6.07, 6.45) is 5.56. The lowest BCUT2D eigenvalue weighted by Gasteiger charge is -2.17. The van der Waals surface area contributed by atoms with Crippen LogP contribution in [0.1, 0.15) is 80.0 Å². The Morgan fingerprint density at radius 3 is 2.26 bits per heavy atom. The third-order valence-corrected chi connectivity index (χ3v) is 3.54. The normalized spacial score (nSPS) is 11.8. The van der Waals surface area contributed by atoms with Crippen LogP contribution in [0.4, 0.5) is 0 Å². The minimum atomic E-state index is -0.405. The van der Waals surface area contributed by atoms with E-state index in [1.165, 1.54) is 0 Å². The van der Waals surface area contributed by atoms with Crippen molar-refractivity contribution in [3.63, 3.8) is 0 Å². The fourth-order valence-electron chi connectivity index (χ4n) is 2.29. The minimum absolute atomic E-state index is 0.0526. The largest absolute Gasteiger partial charge is 0.462 e. The van der Waals surface area contributed by atoms with Crippen LogP contribution in [0, 0.1) is 0 Å². The Hall–Kier alpha value is -1.84. The lowest BCUT2D eigenvalue weighted by atomic mass is 10.1. The molecule has 128 valence electrons. The Balaban J connectivity index is 2.72. The van der Waals surface area contributed by atoms with E-state index in [1.807, 2.05) is 6.92 Å². The number of carbonyl (C=O) groups excluding carboxylic acids is 2. The summed E-state index contributed by atoms with van der Waals surface area (Å²) in [4.78, 5) is 24.2. The first-order chi connectivity index (χ1) is 11.1. The van der Waals surface area contributed by atoms with Crippen molar-refractivity contribution in [2.75, 3.05) is 6.61 Å². The first kappa shape index (κ1) is 19.2. The van der Waals surface area contributed by atoms with E-state index in [-0.39, 0.29) is 12.1 Å². The fourth-order valence-corrected chi connectivity index (χ4v) is 2.29. The van der Waals surface area contributed by atoms with Crippen LogP contribution in [0.15, 0.2) is 24.3 Å². The highest BCUT2D eigenvalue weighted by molar-refractivity contribution is 5.95. The summed E-state index contributed by atoms with van der Waals surface area (Å²) < 4.78 is 10.7. The van der Waals surface area contributed by atoms with Gasteiger partial charge < -0.3 is 9.47 Å². The number of carbonyl (C=O) groups is 2. The molecule has 0 aliphatic carbocycles. The molecule has 0 aliphatic heterocycles. The van der Waals surface area contributed by atoms with Gasteiger partial charge in [0, 0.05) is 0 Å². The van der Waals surface area contributed by atoms with E-state index in [2.05, 4.69) is 13.8 Å². The van der Waals surface area contributed by atoms with Crippen molar-refractivity contribution in [1.82, 2.24) is 0 Å². The van der Waals surface area contributed by atoms with Gasteiger partial charge in [0.15, 0.2) is 0 Å². The molecule has 0 N–H and O–H groups in total. The van der Waals surface area contributed by atoms with E-state index < -0.39 is 5.97 Å². The van der Waals surface area contributed by atoms with Crippen molar-refractivity contribution >= 4 is 11.9 Å². The van der Waals surface area contributed by atoms with Crippen molar-refractivity contribution < 1.29 is 19.1 Å². The Kier molecular flexibility index (Phi) is 9.03. The molecule has 0 radical (unpaired) electrons. The van der Waals surface area contributed by atoms with Gasteiger partial charge >= 0.3 is 11.9 Å². The SMILES string of the molecule is CCCCC(CCC)OC(=O)c1cccc(C(=O)OCCC)c1. The summed E-state index contributed by atoms with van der Waals surface area (Å²) in [5, 5.41) is 0. The molecule has 0 heterocycles. The second-order valence-corrected chi connectivity index (χ2v) is 5.67. The van der Waals surface area contributed by atoms with Gasteiger partial charge in [0.1, 0.15) is 6.10 Å². The topological polar surface area (TPSA) is 52.6 Å². The van der Waals surface area contributed by atoms with E-state index in [4.69, 9.17) is 9.47 Å². The van der Waals surface area contributed by atoms with Crippen molar-refractivity contribution in [3.8, 4) is 0 Å². The predicted octanol–water partition coefficient (Wildman–Crippen LogP) is 4.77. The number of unbranched alkanes of at least 4 members (excludes halogenated alkanes) is 1. The second kappa shape index (κ2) is 10.8. The highest BCUT2D eigenvalue weighted by Gasteiger charge is 2.17. The van der Waals surface area contributed by atoms with Crippen LogP contribution in [0.5, 0.6) is 0 Å². The summed E-state index contributed by atoms with van der Waals surface area (Å²) in [7, 11) is 0. The molecule has 0 aromatic heterocycles. The molecule has 0 fully saturated rings.